The quantitative estimate of drug-likeness (QED) is 0.0640. The standard InChI is InChI=1S/C41H62N4O13/c1-27(46)12-16-34(29(3)48)45-38(52)31(14-18-37(51)44-35(17-13-28(2)47)40(54)57-25-30-10-8-7-9-11-30)24-32(49)26-56-23-22-55-21-20-43-36(50)19-15-33(42)39(53)58-41(4,5)6/h7-11,31,33-35H,12-26,42H2,1-6H3,(H,43,50)(H,44,51)(H,45,52). The van der Waals surface area contributed by atoms with Crippen LogP contribution in [0.5, 0.6) is 0 Å². The molecule has 0 aliphatic heterocycles. The molecule has 3 amide bonds. The predicted molar refractivity (Wildman–Crippen MR) is 211 cm³/mol. The van der Waals surface area contributed by atoms with Crippen LogP contribution in [0.1, 0.15) is 105 Å². The highest BCUT2D eigenvalue weighted by atomic mass is 16.6. The van der Waals surface area contributed by atoms with Gasteiger partial charge in [0.25, 0.3) is 0 Å². The summed E-state index contributed by atoms with van der Waals surface area (Å²) in [6.07, 6.45) is -0.507. The van der Waals surface area contributed by atoms with Gasteiger partial charge < -0.3 is 50.2 Å². The van der Waals surface area contributed by atoms with Crippen molar-refractivity contribution in [2.45, 2.75) is 130 Å². The van der Waals surface area contributed by atoms with Crippen LogP contribution >= 0.6 is 0 Å². The van der Waals surface area contributed by atoms with Crippen molar-refractivity contribution in [1.82, 2.24) is 16.0 Å². The minimum absolute atomic E-state index is 0.00419. The minimum Gasteiger partial charge on any atom is -0.459 e. The van der Waals surface area contributed by atoms with Crippen molar-refractivity contribution in [3.63, 3.8) is 0 Å². The first-order valence-electron chi connectivity index (χ1n) is 19.5. The summed E-state index contributed by atoms with van der Waals surface area (Å²) in [5, 5.41) is 7.83. The fourth-order valence-corrected chi connectivity index (χ4v) is 5.21. The van der Waals surface area contributed by atoms with Gasteiger partial charge in [0.2, 0.25) is 17.7 Å². The van der Waals surface area contributed by atoms with E-state index in [0.29, 0.717) is 0 Å². The van der Waals surface area contributed by atoms with Crippen molar-refractivity contribution >= 4 is 52.8 Å². The molecular weight excluding hydrogens is 756 g/mol. The zero-order valence-electron chi connectivity index (χ0n) is 34.7. The highest BCUT2D eigenvalue weighted by Gasteiger charge is 2.29. The molecule has 1 rings (SSSR count). The fraction of sp³-hybridized carbons (Fsp3) is 0.634. The summed E-state index contributed by atoms with van der Waals surface area (Å²) < 4.78 is 21.4. The minimum atomic E-state index is -1.13. The maximum Gasteiger partial charge on any atom is 0.328 e. The van der Waals surface area contributed by atoms with Crippen LogP contribution in [0.25, 0.3) is 0 Å². The lowest BCUT2D eigenvalue weighted by Crippen LogP contribution is -2.44. The third kappa shape index (κ3) is 24.7. The van der Waals surface area contributed by atoms with Crippen LogP contribution < -0.4 is 21.7 Å². The van der Waals surface area contributed by atoms with Gasteiger partial charge in [0.05, 0.1) is 25.9 Å². The van der Waals surface area contributed by atoms with Crippen molar-refractivity contribution in [3.8, 4) is 0 Å². The molecule has 0 fully saturated rings. The molecule has 0 heterocycles. The molecule has 324 valence electrons. The van der Waals surface area contributed by atoms with Crippen LogP contribution in [0.15, 0.2) is 30.3 Å². The van der Waals surface area contributed by atoms with Gasteiger partial charge in [-0.05, 0) is 72.8 Å². The van der Waals surface area contributed by atoms with Crippen LogP contribution in [0, 0.1) is 5.92 Å². The molecule has 0 saturated heterocycles. The van der Waals surface area contributed by atoms with E-state index < -0.39 is 59.2 Å². The van der Waals surface area contributed by atoms with Crippen LogP contribution in [-0.2, 0) is 68.7 Å². The molecule has 5 N–H and O–H groups in total. The molecule has 17 nitrogen and oxygen atoms in total. The number of esters is 2. The Morgan fingerprint density at radius 1 is 0.690 bits per heavy atom. The summed E-state index contributed by atoms with van der Waals surface area (Å²) in [5.41, 5.74) is 5.85. The van der Waals surface area contributed by atoms with E-state index in [9.17, 15) is 43.2 Å². The Kier molecular flexibility index (Phi) is 24.4. The van der Waals surface area contributed by atoms with E-state index in [-0.39, 0.29) is 121 Å². The Morgan fingerprint density at radius 3 is 1.90 bits per heavy atom. The van der Waals surface area contributed by atoms with Crippen molar-refractivity contribution < 1.29 is 62.1 Å². The zero-order valence-corrected chi connectivity index (χ0v) is 34.7. The predicted octanol–water partition coefficient (Wildman–Crippen LogP) is 1.98. The molecule has 0 aromatic heterocycles. The van der Waals surface area contributed by atoms with Gasteiger partial charge in [-0.3, -0.25) is 28.8 Å². The number of hydrogen-bond donors (Lipinski definition) is 4. The Labute approximate surface area is 340 Å². The number of ether oxygens (including phenoxy) is 4. The molecule has 4 atom stereocenters. The van der Waals surface area contributed by atoms with Gasteiger partial charge in [-0.1, -0.05) is 30.3 Å². The molecule has 0 aliphatic rings. The van der Waals surface area contributed by atoms with E-state index in [2.05, 4.69) is 16.0 Å². The maximum atomic E-state index is 13.4. The average molecular weight is 819 g/mol. The molecule has 4 unspecified atom stereocenters. The number of amides is 3. The molecule has 0 spiro atoms. The number of hydrogen-bond acceptors (Lipinski definition) is 14. The first-order chi connectivity index (χ1) is 27.3. The van der Waals surface area contributed by atoms with Crippen LogP contribution in [0.2, 0.25) is 0 Å². The Hall–Kier alpha value is -4.87. The van der Waals surface area contributed by atoms with E-state index in [1.807, 2.05) is 6.07 Å². The summed E-state index contributed by atoms with van der Waals surface area (Å²) >= 11 is 0. The van der Waals surface area contributed by atoms with Gasteiger partial charge in [0, 0.05) is 44.6 Å². The van der Waals surface area contributed by atoms with Gasteiger partial charge in [0.15, 0.2) is 11.6 Å². The molecule has 0 bridgehead atoms. The van der Waals surface area contributed by atoms with Gasteiger partial charge in [-0.15, -0.1) is 0 Å². The van der Waals surface area contributed by atoms with Crippen molar-refractivity contribution in [2.75, 3.05) is 33.0 Å². The van der Waals surface area contributed by atoms with Crippen molar-refractivity contribution in [2.24, 2.45) is 11.7 Å². The number of carbonyl (C=O) groups excluding carboxylic acids is 9. The molecular formula is C41H62N4O13. The molecule has 0 saturated carbocycles. The molecule has 0 radical (unpaired) electrons. The number of rotatable bonds is 30. The molecule has 1 aromatic carbocycles. The van der Waals surface area contributed by atoms with E-state index in [1.54, 1.807) is 45.0 Å². The highest BCUT2D eigenvalue weighted by molar-refractivity contribution is 5.92. The number of Topliss-reactive ketones (excluding diaryl/α,β-unsaturated/α-hetero) is 4. The van der Waals surface area contributed by atoms with Crippen molar-refractivity contribution in [3.05, 3.63) is 35.9 Å². The summed E-state index contributed by atoms with van der Waals surface area (Å²) in [6.45, 7) is 9.16. The molecule has 0 aliphatic carbocycles. The third-order valence-electron chi connectivity index (χ3n) is 8.38. The zero-order chi connectivity index (χ0) is 43.7. The fourth-order valence-electron chi connectivity index (χ4n) is 5.21. The number of ketones is 4. The van der Waals surface area contributed by atoms with Gasteiger partial charge in [-0.25, -0.2) is 4.79 Å². The number of benzene rings is 1. The van der Waals surface area contributed by atoms with Gasteiger partial charge in [-0.2, -0.15) is 0 Å². The SMILES string of the molecule is CC(=O)CCC(NC(=O)C(CCC(=O)NC(CCC(C)=O)C(=O)OCc1ccccc1)CC(=O)COCCOCCNC(=O)CCC(N)C(=O)OC(C)(C)C)C(C)=O. The normalized spacial score (nSPS) is 13.2. The summed E-state index contributed by atoms with van der Waals surface area (Å²) in [6, 6.07) is 5.86. The third-order valence-corrected chi connectivity index (χ3v) is 8.38. The van der Waals surface area contributed by atoms with Gasteiger partial charge in [0.1, 0.15) is 42.5 Å². The second-order valence-corrected chi connectivity index (χ2v) is 15.0. The van der Waals surface area contributed by atoms with E-state index >= 15 is 0 Å². The Morgan fingerprint density at radius 2 is 1.29 bits per heavy atom. The smallest absolute Gasteiger partial charge is 0.328 e. The highest BCUT2D eigenvalue weighted by Crippen LogP contribution is 2.16. The lowest BCUT2D eigenvalue weighted by atomic mass is 9.94. The number of nitrogens with two attached hydrogens (primary N) is 1. The molecule has 1 aromatic rings. The average Bonchev–Trinajstić information content (AvgIpc) is 3.14. The second kappa shape index (κ2) is 27.7. The lowest BCUT2D eigenvalue weighted by molar-refractivity contribution is -0.156. The largest absolute Gasteiger partial charge is 0.459 e. The van der Waals surface area contributed by atoms with Crippen LogP contribution in [0.3, 0.4) is 0 Å². The Balaban J connectivity index is 2.70. The van der Waals surface area contributed by atoms with Crippen molar-refractivity contribution in [1.29, 1.82) is 0 Å². The number of carbonyl (C=O) groups is 9. The summed E-state index contributed by atoms with van der Waals surface area (Å²) in [7, 11) is 0. The maximum absolute atomic E-state index is 13.4. The molecule has 17 heteroatoms. The van der Waals surface area contributed by atoms with E-state index in [1.165, 1.54) is 20.8 Å². The van der Waals surface area contributed by atoms with E-state index in [4.69, 9.17) is 24.7 Å². The first-order valence-corrected chi connectivity index (χ1v) is 19.5. The summed E-state index contributed by atoms with van der Waals surface area (Å²) in [5.74, 6) is -5.21. The Bertz CT molecular complexity index is 1530. The monoisotopic (exact) mass is 818 g/mol. The summed E-state index contributed by atoms with van der Waals surface area (Å²) in [4.78, 5) is 112. The van der Waals surface area contributed by atoms with Crippen LogP contribution in [0.4, 0.5) is 0 Å². The second-order valence-electron chi connectivity index (χ2n) is 15.0. The topological polar surface area (TPSA) is 253 Å². The van der Waals surface area contributed by atoms with Crippen LogP contribution in [-0.4, -0.2) is 109 Å². The van der Waals surface area contributed by atoms with Gasteiger partial charge >= 0.3 is 11.9 Å². The number of nitrogens with one attached hydrogen (secondary N) is 3. The lowest BCUT2D eigenvalue weighted by Gasteiger charge is -2.22. The molecule has 58 heavy (non-hydrogen) atoms. The first kappa shape index (κ1) is 51.1. The van der Waals surface area contributed by atoms with E-state index in [0.717, 1.165) is 5.56 Å².